The maximum absolute atomic E-state index is 13.4. The van der Waals surface area contributed by atoms with E-state index in [4.69, 9.17) is 5.73 Å². The molecule has 0 bridgehead atoms. The van der Waals surface area contributed by atoms with Gasteiger partial charge in [-0.15, -0.1) is 0 Å². The third kappa shape index (κ3) is 4.26. The van der Waals surface area contributed by atoms with E-state index in [0.29, 0.717) is 17.8 Å². The molecular formula is C15H21FN3O2+. The number of hydrogen-bond acceptors (Lipinski definition) is 2. The summed E-state index contributed by atoms with van der Waals surface area (Å²) in [5.41, 5.74) is 6.31. The molecule has 0 saturated carbocycles. The summed E-state index contributed by atoms with van der Waals surface area (Å²) in [4.78, 5) is 24.2. The molecule has 1 aromatic carbocycles. The number of primary amides is 1. The van der Waals surface area contributed by atoms with Crippen molar-refractivity contribution in [2.45, 2.75) is 19.8 Å². The molecule has 0 aliphatic carbocycles. The molecule has 0 radical (unpaired) electrons. The molecule has 1 aromatic rings. The van der Waals surface area contributed by atoms with Crippen LogP contribution in [0.5, 0.6) is 0 Å². The second kappa shape index (κ2) is 6.67. The topological polar surface area (TPSA) is 76.6 Å². The number of carbonyl (C=O) groups is 2. The van der Waals surface area contributed by atoms with Crippen molar-refractivity contribution in [3.05, 3.63) is 29.6 Å². The average Bonchev–Trinajstić information content (AvgIpc) is 2.43. The predicted octanol–water partition coefficient (Wildman–Crippen LogP) is -0.147. The molecule has 0 aromatic heterocycles. The first-order valence-electron chi connectivity index (χ1n) is 7.14. The van der Waals surface area contributed by atoms with E-state index in [1.54, 1.807) is 19.1 Å². The SMILES string of the molecule is Cc1ccc(NC(=O)C[NH+]2CCC[C@@H](C(N)=O)C2)cc1F. The second-order valence-corrected chi connectivity index (χ2v) is 5.63. The van der Waals surface area contributed by atoms with E-state index >= 15 is 0 Å². The van der Waals surface area contributed by atoms with Gasteiger partial charge in [-0.05, 0) is 37.5 Å². The van der Waals surface area contributed by atoms with Crippen molar-refractivity contribution in [1.82, 2.24) is 0 Å². The molecule has 1 heterocycles. The van der Waals surface area contributed by atoms with Crippen LogP contribution in [-0.2, 0) is 9.59 Å². The van der Waals surface area contributed by atoms with E-state index in [-0.39, 0.29) is 30.1 Å². The zero-order valence-electron chi connectivity index (χ0n) is 12.1. The van der Waals surface area contributed by atoms with Crippen molar-refractivity contribution in [2.75, 3.05) is 25.0 Å². The van der Waals surface area contributed by atoms with Gasteiger partial charge in [0.25, 0.3) is 5.91 Å². The fourth-order valence-corrected chi connectivity index (χ4v) is 2.66. The van der Waals surface area contributed by atoms with E-state index in [1.807, 2.05) is 0 Å². The Bertz CT molecular complexity index is 548. The normalized spacial score (nSPS) is 21.8. The highest BCUT2D eigenvalue weighted by Crippen LogP contribution is 2.13. The highest BCUT2D eigenvalue weighted by molar-refractivity contribution is 5.91. The quantitative estimate of drug-likeness (QED) is 0.722. The van der Waals surface area contributed by atoms with Gasteiger partial charge < -0.3 is 16.0 Å². The van der Waals surface area contributed by atoms with E-state index in [9.17, 15) is 14.0 Å². The Kier molecular flexibility index (Phi) is 4.90. The van der Waals surface area contributed by atoms with Crippen LogP contribution < -0.4 is 16.0 Å². The zero-order chi connectivity index (χ0) is 15.4. The lowest BCUT2D eigenvalue weighted by atomic mass is 9.97. The Balaban J connectivity index is 1.89. The largest absolute Gasteiger partial charge is 0.369 e. The third-order valence-corrected chi connectivity index (χ3v) is 3.89. The summed E-state index contributed by atoms with van der Waals surface area (Å²) in [5.74, 6) is -0.975. The number of rotatable bonds is 4. The molecule has 1 fully saturated rings. The van der Waals surface area contributed by atoms with Gasteiger partial charge in [0, 0.05) is 5.69 Å². The molecule has 21 heavy (non-hydrogen) atoms. The number of benzene rings is 1. The summed E-state index contributed by atoms with van der Waals surface area (Å²) in [6.45, 7) is 3.37. The molecule has 2 amide bonds. The molecule has 1 aliphatic heterocycles. The van der Waals surface area contributed by atoms with Crippen molar-refractivity contribution in [2.24, 2.45) is 11.7 Å². The Morgan fingerprint density at radius 2 is 2.24 bits per heavy atom. The van der Waals surface area contributed by atoms with Crippen molar-refractivity contribution >= 4 is 17.5 Å². The molecule has 1 aliphatic rings. The smallest absolute Gasteiger partial charge is 0.279 e. The van der Waals surface area contributed by atoms with E-state index < -0.39 is 0 Å². The van der Waals surface area contributed by atoms with Gasteiger partial charge in [-0.2, -0.15) is 0 Å². The molecule has 1 saturated heterocycles. The Hall–Kier alpha value is -1.95. The number of anilines is 1. The van der Waals surface area contributed by atoms with Gasteiger partial charge in [0.15, 0.2) is 6.54 Å². The molecule has 6 heteroatoms. The van der Waals surface area contributed by atoms with Gasteiger partial charge in [-0.1, -0.05) is 6.07 Å². The van der Waals surface area contributed by atoms with Gasteiger partial charge in [0.1, 0.15) is 5.82 Å². The van der Waals surface area contributed by atoms with Crippen LogP contribution in [0.3, 0.4) is 0 Å². The van der Waals surface area contributed by atoms with Crippen LogP contribution in [0.15, 0.2) is 18.2 Å². The molecular weight excluding hydrogens is 273 g/mol. The molecule has 5 nitrogen and oxygen atoms in total. The summed E-state index contributed by atoms with van der Waals surface area (Å²) in [6, 6.07) is 4.61. The standard InChI is InChI=1S/C15H20FN3O2/c1-10-4-5-12(7-13(10)16)18-14(20)9-19-6-2-3-11(8-19)15(17)21/h4-5,7,11H,2-3,6,8-9H2,1H3,(H2,17,21)(H,18,20)/p+1/t11-/m1/s1. The molecule has 4 N–H and O–H groups in total. The summed E-state index contributed by atoms with van der Waals surface area (Å²) in [5, 5.41) is 2.69. The third-order valence-electron chi connectivity index (χ3n) is 3.89. The first-order chi connectivity index (χ1) is 9.95. The maximum atomic E-state index is 13.4. The van der Waals surface area contributed by atoms with Crippen LogP contribution in [0.25, 0.3) is 0 Å². The van der Waals surface area contributed by atoms with Crippen LogP contribution in [0, 0.1) is 18.7 Å². The molecule has 0 spiro atoms. The van der Waals surface area contributed by atoms with Gasteiger partial charge >= 0.3 is 0 Å². The maximum Gasteiger partial charge on any atom is 0.279 e. The summed E-state index contributed by atoms with van der Waals surface area (Å²) in [7, 11) is 0. The number of piperidine rings is 1. The minimum atomic E-state index is -0.341. The van der Waals surface area contributed by atoms with Gasteiger partial charge in [-0.3, -0.25) is 9.59 Å². The Morgan fingerprint density at radius 1 is 1.48 bits per heavy atom. The van der Waals surface area contributed by atoms with Gasteiger partial charge in [-0.25, -0.2) is 4.39 Å². The second-order valence-electron chi connectivity index (χ2n) is 5.63. The highest BCUT2D eigenvalue weighted by atomic mass is 19.1. The zero-order valence-corrected chi connectivity index (χ0v) is 12.1. The fraction of sp³-hybridized carbons (Fsp3) is 0.467. The molecule has 1 unspecified atom stereocenters. The van der Waals surface area contributed by atoms with Gasteiger partial charge in [0.2, 0.25) is 5.91 Å². The number of hydrogen-bond donors (Lipinski definition) is 3. The average molecular weight is 294 g/mol. The minimum absolute atomic E-state index is 0.154. The van der Waals surface area contributed by atoms with Crippen molar-refractivity contribution in [3.8, 4) is 0 Å². The summed E-state index contributed by atoms with van der Waals surface area (Å²) >= 11 is 0. The minimum Gasteiger partial charge on any atom is -0.369 e. The highest BCUT2D eigenvalue weighted by Gasteiger charge is 2.28. The number of nitrogens with two attached hydrogens (primary N) is 1. The first-order valence-corrected chi connectivity index (χ1v) is 7.14. The van der Waals surface area contributed by atoms with Crippen LogP contribution in [0.1, 0.15) is 18.4 Å². The van der Waals surface area contributed by atoms with Crippen molar-refractivity contribution in [1.29, 1.82) is 0 Å². The van der Waals surface area contributed by atoms with Gasteiger partial charge in [0.05, 0.1) is 19.0 Å². The summed E-state index contributed by atoms with van der Waals surface area (Å²) < 4.78 is 13.4. The molecule has 2 atom stereocenters. The molecule has 114 valence electrons. The first kappa shape index (κ1) is 15.4. The number of quaternary nitrogens is 1. The number of halogens is 1. The number of amides is 2. The lowest BCUT2D eigenvalue weighted by molar-refractivity contribution is -0.899. The van der Waals surface area contributed by atoms with Crippen LogP contribution in [0.2, 0.25) is 0 Å². The Morgan fingerprint density at radius 3 is 2.90 bits per heavy atom. The lowest BCUT2D eigenvalue weighted by Gasteiger charge is -2.27. The van der Waals surface area contributed by atoms with E-state index in [2.05, 4.69) is 5.32 Å². The Labute approximate surface area is 123 Å². The number of likely N-dealkylation sites (tertiary alicyclic amines) is 1. The summed E-state index contributed by atoms with van der Waals surface area (Å²) in [6.07, 6.45) is 1.68. The van der Waals surface area contributed by atoms with E-state index in [1.165, 1.54) is 6.07 Å². The number of aryl methyl sites for hydroxylation is 1. The fourth-order valence-electron chi connectivity index (χ4n) is 2.66. The lowest BCUT2D eigenvalue weighted by Crippen LogP contribution is -3.14. The van der Waals surface area contributed by atoms with E-state index in [0.717, 1.165) is 24.3 Å². The van der Waals surface area contributed by atoms with Crippen molar-refractivity contribution < 1.29 is 18.9 Å². The molecule has 2 rings (SSSR count). The number of nitrogens with one attached hydrogen (secondary N) is 2. The van der Waals surface area contributed by atoms with Crippen LogP contribution >= 0.6 is 0 Å². The monoisotopic (exact) mass is 294 g/mol. The van der Waals surface area contributed by atoms with Crippen LogP contribution in [-0.4, -0.2) is 31.4 Å². The van der Waals surface area contributed by atoms with Crippen LogP contribution in [0.4, 0.5) is 10.1 Å². The number of carbonyl (C=O) groups excluding carboxylic acids is 2. The van der Waals surface area contributed by atoms with Crippen molar-refractivity contribution in [3.63, 3.8) is 0 Å². The predicted molar refractivity (Wildman–Crippen MR) is 77.2 cm³/mol.